The van der Waals surface area contributed by atoms with Gasteiger partial charge in [-0.2, -0.15) is 17.9 Å². The number of halogens is 4. The van der Waals surface area contributed by atoms with Crippen LogP contribution in [0.3, 0.4) is 0 Å². The van der Waals surface area contributed by atoms with Crippen LogP contribution < -0.4 is 10.3 Å². The molecular weight excluding hydrogens is 435 g/mol. The van der Waals surface area contributed by atoms with Gasteiger partial charge in [-0.3, -0.25) is 9.59 Å². The van der Waals surface area contributed by atoms with Crippen LogP contribution in [0.2, 0.25) is 5.02 Å². The van der Waals surface area contributed by atoms with Gasteiger partial charge in [0.1, 0.15) is 6.61 Å². The average Bonchev–Trinajstić information content (AvgIpc) is 2.70. The molecule has 0 fully saturated rings. The molecule has 1 aliphatic carbocycles. The summed E-state index contributed by atoms with van der Waals surface area (Å²) in [5, 5.41) is 0.657. The van der Waals surface area contributed by atoms with E-state index in [4.69, 9.17) is 16.4 Å². The standard InChI is InChI=1S/C22H17ClF3NO3.H2O/c1-2-30-27-17-8-7-15(23)11-16(17)21(29)20-18(27)9-13(10-19(20)28)12-3-5-14(6-4-12)22(24,25)26;/h3-8,11,13H,2,9-10H2,1H3;1H2. The maximum Gasteiger partial charge on any atom is 0.416 e. The number of hydrogen-bond acceptors (Lipinski definition) is 3. The van der Waals surface area contributed by atoms with Crippen LogP contribution in [0.15, 0.2) is 47.3 Å². The first-order chi connectivity index (χ1) is 14.2. The van der Waals surface area contributed by atoms with Crippen LogP contribution in [0.4, 0.5) is 13.2 Å². The predicted molar refractivity (Wildman–Crippen MR) is 111 cm³/mol. The Kier molecular flexibility index (Phi) is 6.16. The molecule has 1 atom stereocenters. The lowest BCUT2D eigenvalue weighted by atomic mass is 9.81. The monoisotopic (exact) mass is 453 g/mol. The highest BCUT2D eigenvalue weighted by Crippen LogP contribution is 2.35. The minimum Gasteiger partial charge on any atom is -0.414 e. The molecule has 5 nitrogen and oxygen atoms in total. The zero-order valence-corrected chi connectivity index (χ0v) is 17.2. The van der Waals surface area contributed by atoms with Gasteiger partial charge in [0.25, 0.3) is 0 Å². The fourth-order valence-corrected chi connectivity index (χ4v) is 4.11. The van der Waals surface area contributed by atoms with Gasteiger partial charge in [0.05, 0.1) is 27.7 Å². The van der Waals surface area contributed by atoms with Crippen LogP contribution in [0.1, 0.15) is 46.4 Å². The van der Waals surface area contributed by atoms with Crippen molar-refractivity contribution in [1.29, 1.82) is 0 Å². The second-order valence-electron chi connectivity index (χ2n) is 7.17. The number of carbonyl (C=O) groups is 1. The van der Waals surface area contributed by atoms with E-state index in [1.165, 1.54) is 22.9 Å². The molecule has 0 saturated heterocycles. The molecule has 1 aromatic heterocycles. The SMILES string of the molecule is CCOn1c2c(c(=O)c3cc(Cl)ccc31)C(=O)CC(c1ccc(C(F)(F)F)cc1)C2.O. The summed E-state index contributed by atoms with van der Waals surface area (Å²) in [6.45, 7) is 2.08. The number of carbonyl (C=O) groups excluding carboxylic acids is 1. The summed E-state index contributed by atoms with van der Waals surface area (Å²) in [6, 6.07) is 9.57. The highest BCUT2D eigenvalue weighted by atomic mass is 35.5. The normalized spacial score (nSPS) is 16.0. The van der Waals surface area contributed by atoms with E-state index in [2.05, 4.69) is 0 Å². The van der Waals surface area contributed by atoms with Crippen molar-refractivity contribution in [3.8, 4) is 0 Å². The van der Waals surface area contributed by atoms with Gasteiger partial charge in [0.2, 0.25) is 5.43 Å². The molecule has 164 valence electrons. The maximum atomic E-state index is 13.0. The van der Waals surface area contributed by atoms with Gasteiger partial charge in [-0.1, -0.05) is 23.7 Å². The van der Waals surface area contributed by atoms with E-state index < -0.39 is 17.2 Å². The van der Waals surface area contributed by atoms with Gasteiger partial charge < -0.3 is 10.3 Å². The zero-order valence-electron chi connectivity index (χ0n) is 16.4. The second-order valence-corrected chi connectivity index (χ2v) is 7.61. The van der Waals surface area contributed by atoms with E-state index in [-0.39, 0.29) is 34.5 Å². The number of nitrogens with zero attached hydrogens (tertiary/aromatic N) is 1. The van der Waals surface area contributed by atoms with Crippen LogP contribution in [0, 0.1) is 0 Å². The number of benzene rings is 2. The largest absolute Gasteiger partial charge is 0.416 e. The van der Waals surface area contributed by atoms with Crippen molar-refractivity contribution in [2.24, 2.45) is 0 Å². The van der Waals surface area contributed by atoms with Gasteiger partial charge in [0.15, 0.2) is 5.78 Å². The molecule has 0 bridgehead atoms. The van der Waals surface area contributed by atoms with Gasteiger partial charge in [0, 0.05) is 11.4 Å². The molecule has 1 unspecified atom stereocenters. The summed E-state index contributed by atoms with van der Waals surface area (Å²) >= 11 is 6.03. The van der Waals surface area contributed by atoms with Crippen LogP contribution >= 0.6 is 11.6 Å². The topological polar surface area (TPSA) is 79.8 Å². The highest BCUT2D eigenvalue weighted by Gasteiger charge is 2.34. The summed E-state index contributed by atoms with van der Waals surface area (Å²) in [6.07, 6.45) is -4.10. The Morgan fingerprint density at radius 2 is 1.77 bits per heavy atom. The maximum absolute atomic E-state index is 13.0. The summed E-state index contributed by atoms with van der Waals surface area (Å²) in [4.78, 5) is 31.7. The number of rotatable bonds is 3. The molecule has 4 rings (SSSR count). The van der Waals surface area contributed by atoms with Crippen LogP contribution in [0.5, 0.6) is 0 Å². The number of ketones is 1. The number of aromatic nitrogens is 1. The van der Waals surface area contributed by atoms with Crippen molar-refractivity contribution >= 4 is 28.3 Å². The predicted octanol–water partition coefficient (Wildman–Crippen LogP) is 4.21. The molecule has 0 aliphatic heterocycles. The second kappa shape index (κ2) is 8.36. The first kappa shape index (κ1) is 22.8. The molecule has 0 radical (unpaired) electrons. The summed E-state index contributed by atoms with van der Waals surface area (Å²) in [5.74, 6) is -0.718. The van der Waals surface area contributed by atoms with Crippen LogP contribution in [0.25, 0.3) is 10.9 Å². The minimum atomic E-state index is -4.43. The van der Waals surface area contributed by atoms with Crippen LogP contribution in [-0.4, -0.2) is 22.6 Å². The third-order valence-electron chi connectivity index (χ3n) is 5.30. The molecule has 0 saturated carbocycles. The van der Waals surface area contributed by atoms with Crippen molar-refractivity contribution in [3.05, 3.63) is 80.1 Å². The van der Waals surface area contributed by atoms with E-state index in [9.17, 15) is 22.8 Å². The fraction of sp³-hybridized carbons (Fsp3) is 0.273. The van der Waals surface area contributed by atoms with E-state index in [0.717, 1.165) is 12.1 Å². The Labute approximate surface area is 180 Å². The van der Waals surface area contributed by atoms with Crippen LogP contribution in [-0.2, 0) is 12.6 Å². The summed E-state index contributed by atoms with van der Waals surface area (Å²) < 4.78 is 40.1. The Bertz CT molecular complexity index is 1200. The molecule has 1 aliphatic rings. The first-order valence-electron chi connectivity index (χ1n) is 9.41. The third-order valence-corrected chi connectivity index (χ3v) is 5.54. The lowest BCUT2D eigenvalue weighted by Gasteiger charge is -2.27. The first-order valence-corrected chi connectivity index (χ1v) is 9.79. The fourth-order valence-electron chi connectivity index (χ4n) is 3.94. The molecule has 0 amide bonds. The molecule has 0 spiro atoms. The van der Waals surface area contributed by atoms with Gasteiger partial charge in [-0.15, -0.1) is 0 Å². The molecule has 2 N–H and O–H groups in total. The van der Waals surface area contributed by atoms with E-state index in [1.807, 2.05) is 0 Å². The Hall–Kier alpha value is -2.84. The lowest BCUT2D eigenvalue weighted by molar-refractivity contribution is -0.137. The number of fused-ring (bicyclic) bond motifs is 2. The van der Waals surface area contributed by atoms with Crippen molar-refractivity contribution in [3.63, 3.8) is 0 Å². The number of Topliss-reactive ketones (excluding diaryl/α,β-unsaturated/α-hetero) is 1. The number of hydrogen-bond donors (Lipinski definition) is 0. The van der Waals surface area contributed by atoms with E-state index in [0.29, 0.717) is 34.8 Å². The van der Waals surface area contributed by atoms with Gasteiger partial charge in [-0.25, -0.2) is 0 Å². The van der Waals surface area contributed by atoms with Crippen molar-refractivity contribution in [2.75, 3.05) is 6.61 Å². The Morgan fingerprint density at radius 3 is 2.39 bits per heavy atom. The minimum absolute atomic E-state index is 0. The average molecular weight is 454 g/mol. The number of pyridine rings is 1. The summed E-state index contributed by atoms with van der Waals surface area (Å²) in [7, 11) is 0. The molecule has 3 aromatic rings. The van der Waals surface area contributed by atoms with Crippen molar-refractivity contribution < 1.29 is 28.3 Å². The molecule has 31 heavy (non-hydrogen) atoms. The lowest BCUT2D eigenvalue weighted by Crippen LogP contribution is -2.33. The summed E-state index contributed by atoms with van der Waals surface area (Å²) in [5.41, 5.74) is 0.427. The van der Waals surface area contributed by atoms with E-state index >= 15 is 0 Å². The quantitative estimate of drug-likeness (QED) is 0.595. The van der Waals surface area contributed by atoms with E-state index in [1.54, 1.807) is 19.1 Å². The number of alkyl halides is 3. The zero-order chi connectivity index (χ0) is 21.6. The van der Waals surface area contributed by atoms with Gasteiger partial charge >= 0.3 is 6.18 Å². The molecule has 1 heterocycles. The molecular formula is C22H19ClF3NO4. The van der Waals surface area contributed by atoms with Crippen molar-refractivity contribution in [1.82, 2.24) is 4.73 Å². The smallest absolute Gasteiger partial charge is 0.414 e. The third kappa shape index (κ3) is 4.05. The molecule has 9 heteroatoms. The Morgan fingerprint density at radius 1 is 1.10 bits per heavy atom. The molecule has 2 aromatic carbocycles. The Balaban J connectivity index is 0.00000272. The van der Waals surface area contributed by atoms with Gasteiger partial charge in [-0.05, 0) is 55.2 Å². The van der Waals surface area contributed by atoms with Crippen molar-refractivity contribution in [2.45, 2.75) is 31.9 Å². The highest BCUT2D eigenvalue weighted by molar-refractivity contribution is 6.31.